The Kier molecular flexibility index (Phi) is 5.47. The summed E-state index contributed by atoms with van der Waals surface area (Å²) in [6.45, 7) is 0. The number of rotatable bonds is 6. The van der Waals surface area contributed by atoms with E-state index in [2.05, 4.69) is 25.5 Å². The van der Waals surface area contributed by atoms with E-state index < -0.39 is 5.82 Å². The number of nitrogens with zero attached hydrogens (tertiary/aromatic N) is 5. The van der Waals surface area contributed by atoms with Crippen molar-refractivity contribution in [2.75, 3.05) is 0 Å². The van der Waals surface area contributed by atoms with Gasteiger partial charge < -0.3 is 5.32 Å². The Balaban J connectivity index is 1.06. The summed E-state index contributed by atoms with van der Waals surface area (Å²) in [5.41, 5.74) is 2.51. The Labute approximate surface area is 223 Å². The van der Waals surface area contributed by atoms with Crippen LogP contribution < -0.4 is 5.32 Å². The van der Waals surface area contributed by atoms with E-state index in [0.717, 1.165) is 36.8 Å². The van der Waals surface area contributed by atoms with Gasteiger partial charge >= 0.3 is 0 Å². The van der Waals surface area contributed by atoms with Crippen LogP contribution in [0.1, 0.15) is 35.4 Å². The van der Waals surface area contributed by atoms with Crippen LogP contribution in [0.3, 0.4) is 0 Å². The maximum absolute atomic E-state index is 14.9. The molecule has 194 valence electrons. The molecular formula is C30H24F2N6O. The number of fused-ring (bicyclic) bond motifs is 1. The molecule has 7 rings (SSSR count). The molecule has 2 aromatic carbocycles. The first kappa shape index (κ1) is 23.6. The van der Waals surface area contributed by atoms with Gasteiger partial charge in [-0.05, 0) is 48.8 Å². The fourth-order valence-corrected chi connectivity index (χ4v) is 6.03. The highest BCUT2D eigenvalue weighted by Gasteiger charge is 2.62. The SMILES string of the molecule is O=C(NC1CC12CC(Cc1nnc(-c3ccccc3)n1-c1ccccc1F)C2)c1ccnc2cc(F)cnc12. The quantitative estimate of drug-likeness (QED) is 0.327. The fraction of sp³-hybridized carbons (Fsp3) is 0.233. The van der Waals surface area contributed by atoms with Gasteiger partial charge in [0.15, 0.2) is 5.82 Å². The molecule has 5 aromatic rings. The number of hydrogen-bond acceptors (Lipinski definition) is 5. The van der Waals surface area contributed by atoms with Crippen molar-refractivity contribution >= 4 is 16.9 Å². The Morgan fingerprint density at radius 2 is 1.77 bits per heavy atom. The highest BCUT2D eigenvalue weighted by molar-refractivity contribution is 6.04. The molecule has 0 aliphatic heterocycles. The Hall–Kier alpha value is -4.53. The van der Waals surface area contributed by atoms with Gasteiger partial charge in [-0.15, -0.1) is 10.2 Å². The minimum atomic E-state index is -0.490. The van der Waals surface area contributed by atoms with Crippen LogP contribution in [-0.2, 0) is 6.42 Å². The van der Waals surface area contributed by atoms with Crippen LogP contribution >= 0.6 is 0 Å². The molecule has 2 saturated carbocycles. The molecule has 3 heterocycles. The zero-order valence-corrected chi connectivity index (χ0v) is 20.9. The normalized spacial score (nSPS) is 21.6. The minimum Gasteiger partial charge on any atom is -0.349 e. The van der Waals surface area contributed by atoms with Crippen molar-refractivity contribution in [2.24, 2.45) is 11.3 Å². The smallest absolute Gasteiger partial charge is 0.253 e. The summed E-state index contributed by atoms with van der Waals surface area (Å²) in [5, 5.41) is 12.1. The summed E-state index contributed by atoms with van der Waals surface area (Å²) in [7, 11) is 0. The van der Waals surface area contributed by atoms with Crippen LogP contribution in [0.5, 0.6) is 0 Å². The van der Waals surface area contributed by atoms with Crippen molar-refractivity contribution in [1.29, 1.82) is 0 Å². The lowest BCUT2D eigenvalue weighted by atomic mass is 9.69. The van der Waals surface area contributed by atoms with Crippen LogP contribution in [0.15, 0.2) is 79.1 Å². The lowest BCUT2D eigenvalue weighted by Gasteiger charge is -2.37. The lowest BCUT2D eigenvalue weighted by molar-refractivity contribution is 0.0920. The molecule has 9 heteroatoms. The van der Waals surface area contributed by atoms with Gasteiger partial charge in [-0.25, -0.2) is 8.78 Å². The van der Waals surface area contributed by atoms with Crippen molar-refractivity contribution in [3.63, 3.8) is 0 Å². The topological polar surface area (TPSA) is 85.6 Å². The second-order valence-electron chi connectivity index (χ2n) is 10.5. The van der Waals surface area contributed by atoms with E-state index in [1.54, 1.807) is 18.2 Å². The van der Waals surface area contributed by atoms with Gasteiger partial charge in [0.25, 0.3) is 5.91 Å². The number of aromatic nitrogens is 5. The van der Waals surface area contributed by atoms with Crippen molar-refractivity contribution in [2.45, 2.75) is 31.7 Å². The molecule has 2 aliphatic rings. The summed E-state index contributed by atoms with van der Waals surface area (Å²) in [4.78, 5) is 21.2. The van der Waals surface area contributed by atoms with Gasteiger partial charge in [0.2, 0.25) is 0 Å². The zero-order valence-electron chi connectivity index (χ0n) is 20.9. The van der Waals surface area contributed by atoms with Crippen molar-refractivity contribution in [1.82, 2.24) is 30.0 Å². The molecular weight excluding hydrogens is 498 g/mol. The lowest BCUT2D eigenvalue weighted by Crippen LogP contribution is -2.37. The molecule has 2 fully saturated rings. The van der Waals surface area contributed by atoms with Crippen molar-refractivity contribution in [3.05, 3.63) is 102 Å². The Morgan fingerprint density at radius 1 is 0.974 bits per heavy atom. The van der Waals surface area contributed by atoms with Crippen LogP contribution in [-0.4, -0.2) is 36.7 Å². The van der Waals surface area contributed by atoms with Gasteiger partial charge in [-0.3, -0.25) is 19.3 Å². The summed E-state index contributed by atoms with van der Waals surface area (Å²) in [6.07, 6.45) is 6.07. The molecule has 0 saturated heterocycles. The average molecular weight is 523 g/mol. The largest absolute Gasteiger partial charge is 0.349 e. The van der Waals surface area contributed by atoms with Gasteiger partial charge in [-0.2, -0.15) is 0 Å². The standard InChI is InChI=1S/C30H24F2N6O/c31-20-13-23-27(34-17-20)21(10-11-33-23)29(39)35-25-16-30(25)14-18(15-30)12-26-36-37-28(19-6-2-1-3-7-19)38(26)24-9-5-4-8-22(24)32/h1-11,13,17-18,25H,12,14-16H2,(H,35,39). The van der Waals surface area contributed by atoms with Crippen LogP contribution in [0.25, 0.3) is 28.1 Å². The van der Waals surface area contributed by atoms with Crippen LogP contribution in [0.2, 0.25) is 0 Å². The number of carbonyl (C=O) groups is 1. The van der Waals surface area contributed by atoms with Crippen LogP contribution in [0, 0.1) is 23.0 Å². The number of benzene rings is 2. The number of para-hydroxylation sites is 1. The predicted octanol–water partition coefficient (Wildman–Crippen LogP) is 5.30. The van der Waals surface area contributed by atoms with Crippen molar-refractivity contribution in [3.8, 4) is 17.1 Å². The second kappa shape index (κ2) is 9.04. The molecule has 3 aromatic heterocycles. The van der Waals surface area contributed by atoms with E-state index in [1.807, 2.05) is 41.0 Å². The van der Waals surface area contributed by atoms with E-state index >= 15 is 0 Å². The molecule has 0 bridgehead atoms. The van der Waals surface area contributed by atoms with Crippen molar-refractivity contribution < 1.29 is 13.6 Å². The molecule has 1 spiro atoms. The highest BCUT2D eigenvalue weighted by atomic mass is 19.1. The monoisotopic (exact) mass is 522 g/mol. The average Bonchev–Trinajstić information content (AvgIpc) is 3.48. The van der Waals surface area contributed by atoms with E-state index in [0.29, 0.717) is 40.4 Å². The molecule has 39 heavy (non-hydrogen) atoms. The molecule has 0 radical (unpaired) electrons. The summed E-state index contributed by atoms with van der Waals surface area (Å²) >= 11 is 0. The maximum Gasteiger partial charge on any atom is 0.253 e. The molecule has 1 amide bonds. The highest BCUT2D eigenvalue weighted by Crippen LogP contribution is 2.64. The minimum absolute atomic E-state index is 0.0772. The molecule has 1 N–H and O–H groups in total. The van der Waals surface area contributed by atoms with Gasteiger partial charge in [0.1, 0.15) is 23.0 Å². The predicted molar refractivity (Wildman–Crippen MR) is 141 cm³/mol. The van der Waals surface area contributed by atoms with E-state index in [-0.39, 0.29) is 23.2 Å². The first-order valence-electron chi connectivity index (χ1n) is 13.0. The van der Waals surface area contributed by atoms with Crippen LogP contribution in [0.4, 0.5) is 8.78 Å². The van der Waals surface area contributed by atoms with E-state index in [9.17, 15) is 13.6 Å². The first-order chi connectivity index (χ1) is 19.0. The first-order valence-corrected chi connectivity index (χ1v) is 13.0. The number of amides is 1. The van der Waals surface area contributed by atoms with Gasteiger partial charge in [0, 0.05) is 30.3 Å². The molecule has 1 unspecified atom stereocenters. The fourth-order valence-electron chi connectivity index (χ4n) is 6.03. The third-order valence-electron chi connectivity index (χ3n) is 8.00. The summed E-state index contributed by atoms with van der Waals surface area (Å²) in [6, 6.07) is 19.3. The Bertz CT molecular complexity index is 1710. The molecule has 1 atom stereocenters. The summed E-state index contributed by atoms with van der Waals surface area (Å²) < 4.78 is 30.2. The molecule has 2 aliphatic carbocycles. The van der Waals surface area contributed by atoms with E-state index in [1.165, 1.54) is 18.3 Å². The number of carbonyl (C=O) groups excluding carboxylic acids is 1. The second-order valence-corrected chi connectivity index (χ2v) is 10.5. The maximum atomic E-state index is 14.9. The number of nitrogens with one attached hydrogen (secondary N) is 1. The molecule has 7 nitrogen and oxygen atoms in total. The number of halogens is 2. The third kappa shape index (κ3) is 4.14. The zero-order chi connectivity index (χ0) is 26.6. The third-order valence-corrected chi connectivity index (χ3v) is 8.00. The number of pyridine rings is 2. The summed E-state index contributed by atoms with van der Waals surface area (Å²) in [5.74, 6) is 0.652. The van der Waals surface area contributed by atoms with E-state index in [4.69, 9.17) is 0 Å². The Morgan fingerprint density at radius 3 is 2.59 bits per heavy atom. The van der Waals surface area contributed by atoms with Gasteiger partial charge in [-0.1, -0.05) is 42.5 Å². The number of hydrogen-bond donors (Lipinski definition) is 1. The van der Waals surface area contributed by atoms with Gasteiger partial charge in [0.05, 0.1) is 23.0 Å².